The van der Waals surface area contributed by atoms with E-state index in [2.05, 4.69) is 9.98 Å². The molecular formula is C24H27Cl2F3N4O5S. The van der Waals surface area contributed by atoms with Gasteiger partial charge in [-0.25, -0.2) is 18.1 Å². The van der Waals surface area contributed by atoms with Gasteiger partial charge in [0, 0.05) is 48.1 Å². The molecule has 1 aromatic carbocycles. The van der Waals surface area contributed by atoms with E-state index in [0.29, 0.717) is 41.4 Å². The Bertz CT molecular complexity index is 1310. The fraction of sp³-hybridized carbons (Fsp3) is 0.500. The second-order valence-corrected chi connectivity index (χ2v) is 11.7. The lowest BCUT2D eigenvalue weighted by Gasteiger charge is -2.30. The van der Waals surface area contributed by atoms with Gasteiger partial charge in [-0.15, -0.1) is 0 Å². The molecule has 1 aliphatic carbocycles. The maximum Gasteiger partial charge on any atom is 0.404 e. The summed E-state index contributed by atoms with van der Waals surface area (Å²) in [5.74, 6) is -2.30. The van der Waals surface area contributed by atoms with Gasteiger partial charge in [0.2, 0.25) is 15.8 Å². The van der Waals surface area contributed by atoms with Gasteiger partial charge in [0.05, 0.1) is 36.8 Å². The van der Waals surface area contributed by atoms with Gasteiger partial charge >= 0.3 is 6.18 Å². The number of aromatic nitrogens is 2. The van der Waals surface area contributed by atoms with Gasteiger partial charge in [-0.2, -0.15) is 13.2 Å². The molecule has 1 saturated heterocycles. The molecule has 2 aromatic rings. The van der Waals surface area contributed by atoms with Crippen LogP contribution in [0.2, 0.25) is 10.0 Å². The number of hydrogen-bond acceptors (Lipinski definition) is 7. The van der Waals surface area contributed by atoms with Gasteiger partial charge in [0.15, 0.2) is 5.75 Å². The van der Waals surface area contributed by atoms with Crippen molar-refractivity contribution in [2.24, 2.45) is 4.99 Å². The number of sulfonamides is 1. The molecule has 2 heterocycles. The average Bonchev–Trinajstić information content (AvgIpc) is 3.50. The van der Waals surface area contributed by atoms with Crippen LogP contribution in [0.4, 0.5) is 13.2 Å². The Kier molecular flexibility index (Phi) is 9.61. The van der Waals surface area contributed by atoms with Crippen LogP contribution in [0.25, 0.3) is 0 Å². The zero-order valence-corrected chi connectivity index (χ0v) is 23.0. The van der Waals surface area contributed by atoms with E-state index in [4.69, 9.17) is 37.4 Å². The molecule has 0 radical (unpaired) electrons. The molecule has 2 aliphatic rings. The maximum atomic E-state index is 12.3. The van der Waals surface area contributed by atoms with Crippen LogP contribution in [0.15, 0.2) is 53.7 Å². The third-order valence-electron chi connectivity index (χ3n) is 5.95. The Morgan fingerprint density at radius 2 is 2.10 bits per heavy atom. The van der Waals surface area contributed by atoms with Gasteiger partial charge in [-0.3, -0.25) is 4.99 Å². The second kappa shape index (κ2) is 12.6. The molecule has 0 amide bonds. The predicted octanol–water partition coefficient (Wildman–Crippen LogP) is 4.47. The van der Waals surface area contributed by atoms with Crippen LogP contribution in [0.5, 0.6) is 0 Å². The molecule has 9 nitrogen and oxygen atoms in total. The first-order valence-corrected chi connectivity index (χ1v) is 14.4. The zero-order valence-electron chi connectivity index (χ0n) is 20.7. The standard InChI is InChI=1S/C24H27Cl2F3N4O5S/c25-17-1-6-21(22(26)11-17)23(14-33-10-9-30-16-33)37-13-20(38-23)12-36-19-4-2-18(3-5-19)31-7-8-32-39(34,35)15-24(27,28)29/h1,4,6,9-11,16,20,32H,2-3,5,7-8,12-15H2. The fourth-order valence-electron chi connectivity index (χ4n) is 4.23. The van der Waals surface area contributed by atoms with Crippen LogP contribution in [-0.2, 0) is 36.6 Å². The van der Waals surface area contributed by atoms with Crippen LogP contribution < -0.4 is 4.72 Å². The van der Waals surface area contributed by atoms with Crippen LogP contribution in [-0.4, -0.2) is 68.0 Å². The molecule has 1 aromatic heterocycles. The SMILES string of the molecule is O=S(=O)(CC(F)(F)F)NCCN=C1CC=C(OCC2COC(Cn3ccnc3)(c3ccc(Cl)cc3Cl)O2)CC1. The number of rotatable bonds is 11. The highest BCUT2D eigenvalue weighted by Crippen LogP contribution is 2.40. The molecule has 15 heteroatoms. The summed E-state index contributed by atoms with van der Waals surface area (Å²) in [7, 11) is -4.43. The van der Waals surface area contributed by atoms with Crippen LogP contribution >= 0.6 is 23.2 Å². The van der Waals surface area contributed by atoms with E-state index in [0.717, 1.165) is 11.5 Å². The maximum absolute atomic E-state index is 12.3. The summed E-state index contributed by atoms with van der Waals surface area (Å²) in [6, 6.07) is 5.13. The summed E-state index contributed by atoms with van der Waals surface area (Å²) < 4.78 is 81.9. The van der Waals surface area contributed by atoms with E-state index >= 15 is 0 Å². The van der Waals surface area contributed by atoms with Crippen molar-refractivity contribution in [1.82, 2.24) is 14.3 Å². The quantitative estimate of drug-likeness (QED) is 0.377. The summed E-state index contributed by atoms with van der Waals surface area (Å²) in [6.07, 6.45) is 3.49. The largest absolute Gasteiger partial charge is 0.495 e. The van der Waals surface area contributed by atoms with Crippen molar-refractivity contribution in [1.29, 1.82) is 0 Å². The first-order valence-electron chi connectivity index (χ1n) is 12.0. The molecule has 0 saturated carbocycles. The molecule has 0 bridgehead atoms. The van der Waals surface area contributed by atoms with Gasteiger partial charge in [-0.05, 0) is 24.6 Å². The van der Waals surface area contributed by atoms with E-state index in [1.54, 1.807) is 36.9 Å². The van der Waals surface area contributed by atoms with Gasteiger partial charge in [0.1, 0.15) is 12.7 Å². The van der Waals surface area contributed by atoms with Crippen LogP contribution in [0.3, 0.4) is 0 Å². The molecule has 1 aliphatic heterocycles. The van der Waals surface area contributed by atoms with Gasteiger partial charge in [0.25, 0.3) is 0 Å². The third kappa shape index (κ3) is 8.66. The molecule has 1 fully saturated rings. The number of allylic oxidation sites excluding steroid dienone is 2. The summed E-state index contributed by atoms with van der Waals surface area (Å²) in [5.41, 5.74) is 1.46. The lowest BCUT2D eigenvalue weighted by molar-refractivity contribution is -0.190. The molecule has 214 valence electrons. The Labute approximate surface area is 234 Å². The van der Waals surface area contributed by atoms with Crippen molar-refractivity contribution in [2.45, 2.75) is 43.9 Å². The number of hydrogen-bond donors (Lipinski definition) is 1. The number of nitrogens with zero attached hydrogens (tertiary/aromatic N) is 3. The zero-order chi connectivity index (χ0) is 28.1. The first-order chi connectivity index (χ1) is 18.4. The van der Waals surface area contributed by atoms with Gasteiger partial charge in [-0.1, -0.05) is 29.3 Å². The molecule has 39 heavy (non-hydrogen) atoms. The van der Waals surface area contributed by atoms with E-state index in [-0.39, 0.29) is 32.4 Å². The highest BCUT2D eigenvalue weighted by Gasteiger charge is 2.45. The lowest BCUT2D eigenvalue weighted by Crippen LogP contribution is -2.35. The van der Waals surface area contributed by atoms with Crippen LogP contribution in [0.1, 0.15) is 24.8 Å². The lowest BCUT2D eigenvalue weighted by atomic mass is 10.0. The molecule has 2 unspecified atom stereocenters. The average molecular weight is 611 g/mol. The smallest absolute Gasteiger partial charge is 0.404 e. The number of alkyl halides is 3. The fourth-order valence-corrected chi connectivity index (χ4v) is 5.72. The number of ether oxygens (including phenoxy) is 3. The Balaban J connectivity index is 1.28. The second-order valence-electron chi connectivity index (χ2n) is 9.07. The van der Waals surface area contributed by atoms with E-state index in [1.807, 2.05) is 15.4 Å². The topological polar surface area (TPSA) is 104 Å². The van der Waals surface area contributed by atoms with Crippen molar-refractivity contribution >= 4 is 38.9 Å². The van der Waals surface area contributed by atoms with Gasteiger partial charge < -0.3 is 18.8 Å². The minimum atomic E-state index is -4.79. The number of aliphatic imine (C=N–C) groups is 1. The number of imidazole rings is 1. The highest BCUT2D eigenvalue weighted by atomic mass is 35.5. The Hall–Kier alpha value is -2.16. The number of nitrogens with one attached hydrogen (secondary N) is 1. The minimum absolute atomic E-state index is 0.0515. The molecule has 0 spiro atoms. The van der Waals surface area contributed by atoms with E-state index in [9.17, 15) is 21.6 Å². The normalized spacial score (nSPS) is 23.3. The van der Waals surface area contributed by atoms with E-state index < -0.39 is 27.7 Å². The van der Waals surface area contributed by atoms with Crippen molar-refractivity contribution in [3.8, 4) is 0 Å². The van der Waals surface area contributed by atoms with Crippen molar-refractivity contribution < 1.29 is 35.8 Å². The number of benzene rings is 1. The van der Waals surface area contributed by atoms with Crippen molar-refractivity contribution in [2.75, 3.05) is 32.1 Å². The predicted molar refractivity (Wildman–Crippen MR) is 139 cm³/mol. The Morgan fingerprint density at radius 1 is 1.28 bits per heavy atom. The monoisotopic (exact) mass is 610 g/mol. The molecular weight excluding hydrogens is 584 g/mol. The summed E-state index contributed by atoms with van der Waals surface area (Å²) in [4.78, 5) is 8.37. The molecule has 4 rings (SSSR count). The highest BCUT2D eigenvalue weighted by molar-refractivity contribution is 7.89. The summed E-state index contributed by atoms with van der Waals surface area (Å²) in [6.45, 7) is 0.691. The minimum Gasteiger partial charge on any atom is -0.495 e. The van der Waals surface area contributed by atoms with E-state index in [1.165, 1.54) is 0 Å². The molecule has 2 atom stereocenters. The first kappa shape index (κ1) is 29.8. The Morgan fingerprint density at radius 3 is 2.77 bits per heavy atom. The third-order valence-corrected chi connectivity index (χ3v) is 7.85. The number of halogens is 5. The van der Waals surface area contributed by atoms with Crippen LogP contribution in [0, 0.1) is 0 Å². The van der Waals surface area contributed by atoms with Crippen molar-refractivity contribution in [3.63, 3.8) is 0 Å². The molecule has 1 N–H and O–H groups in total. The summed E-state index contributed by atoms with van der Waals surface area (Å²) in [5, 5.41) is 0.911. The van der Waals surface area contributed by atoms with Crippen molar-refractivity contribution in [3.05, 3.63) is 64.4 Å². The summed E-state index contributed by atoms with van der Waals surface area (Å²) >= 11 is 12.6.